The second-order valence-corrected chi connectivity index (χ2v) is 8.75. The van der Waals surface area contributed by atoms with Crippen LogP contribution in [0.5, 0.6) is 0 Å². The number of hydrazine groups is 1. The molecule has 1 aliphatic heterocycles. The van der Waals surface area contributed by atoms with Crippen molar-refractivity contribution in [3.05, 3.63) is 71.6 Å². The number of nitrogens with zero attached hydrogens (tertiary/aromatic N) is 1. The lowest BCUT2D eigenvalue weighted by molar-refractivity contribution is -0.116. The second-order valence-electron chi connectivity index (χ2n) is 8.75. The minimum Gasteiger partial charge on any atom is -0.354 e. The van der Waals surface area contributed by atoms with Gasteiger partial charge in [0.05, 0.1) is 23.0 Å². The standard InChI is InChI=1S/C24H25N3O/c1-15-21-17-11-7-8-12-18(17)25-23(21)22-19(13-24(2,3)14-20(22)28)27(15)26-16-9-5-4-6-10-16/h4-12,15,25-26H,13-14H2,1-3H3. The van der Waals surface area contributed by atoms with E-state index >= 15 is 0 Å². The summed E-state index contributed by atoms with van der Waals surface area (Å²) in [6.45, 7) is 6.58. The third kappa shape index (κ3) is 2.55. The Morgan fingerprint density at radius 1 is 1.04 bits per heavy atom. The number of aromatic nitrogens is 1. The summed E-state index contributed by atoms with van der Waals surface area (Å²) in [7, 11) is 0. The SMILES string of the molecule is CC1c2c([nH]c3ccccc23)C2=C(CC(C)(C)CC2=O)N1Nc1ccccc1. The molecule has 4 heteroatoms. The third-order valence-corrected chi connectivity index (χ3v) is 5.97. The Kier molecular flexibility index (Phi) is 3.66. The van der Waals surface area contributed by atoms with Gasteiger partial charge in [-0.1, -0.05) is 50.2 Å². The maximum atomic E-state index is 13.3. The summed E-state index contributed by atoms with van der Waals surface area (Å²) in [5.74, 6) is 0.228. The zero-order valence-corrected chi connectivity index (χ0v) is 16.5. The number of fused-ring (bicyclic) bond motifs is 4. The zero-order valence-electron chi connectivity index (χ0n) is 16.5. The largest absolute Gasteiger partial charge is 0.354 e. The number of benzene rings is 2. The summed E-state index contributed by atoms with van der Waals surface area (Å²) < 4.78 is 0. The lowest BCUT2D eigenvalue weighted by Gasteiger charge is -2.44. The van der Waals surface area contributed by atoms with Crippen LogP contribution in [0, 0.1) is 5.41 Å². The van der Waals surface area contributed by atoms with Crippen molar-refractivity contribution in [2.24, 2.45) is 5.41 Å². The molecule has 0 saturated carbocycles. The number of ketones is 1. The smallest absolute Gasteiger partial charge is 0.167 e. The van der Waals surface area contributed by atoms with Crippen LogP contribution < -0.4 is 5.43 Å². The van der Waals surface area contributed by atoms with Crippen LogP contribution in [0.25, 0.3) is 16.5 Å². The summed E-state index contributed by atoms with van der Waals surface area (Å²) in [5, 5.41) is 3.40. The molecule has 28 heavy (non-hydrogen) atoms. The predicted molar refractivity (Wildman–Crippen MR) is 114 cm³/mol. The van der Waals surface area contributed by atoms with Crippen molar-refractivity contribution in [2.45, 2.75) is 39.7 Å². The van der Waals surface area contributed by atoms with Gasteiger partial charge in [-0.05, 0) is 37.0 Å². The quantitative estimate of drug-likeness (QED) is 0.610. The van der Waals surface area contributed by atoms with Crippen LogP contribution in [0.2, 0.25) is 0 Å². The summed E-state index contributed by atoms with van der Waals surface area (Å²) in [6.07, 6.45) is 1.45. The van der Waals surface area contributed by atoms with Gasteiger partial charge in [-0.3, -0.25) is 15.2 Å². The number of hydrogen-bond donors (Lipinski definition) is 2. The van der Waals surface area contributed by atoms with Crippen LogP contribution in [0.3, 0.4) is 0 Å². The van der Waals surface area contributed by atoms with Crippen molar-refractivity contribution in [3.63, 3.8) is 0 Å². The highest BCUT2D eigenvalue weighted by Crippen LogP contribution is 2.49. The Morgan fingerprint density at radius 2 is 1.75 bits per heavy atom. The van der Waals surface area contributed by atoms with E-state index in [-0.39, 0.29) is 17.2 Å². The molecule has 2 heterocycles. The number of para-hydroxylation sites is 2. The van der Waals surface area contributed by atoms with Crippen molar-refractivity contribution in [3.8, 4) is 0 Å². The van der Waals surface area contributed by atoms with Crippen LogP contribution in [0.15, 0.2) is 60.3 Å². The Morgan fingerprint density at radius 3 is 2.54 bits per heavy atom. The number of H-pyrrole nitrogens is 1. The van der Waals surface area contributed by atoms with Gasteiger partial charge in [0.1, 0.15) is 0 Å². The normalized spacial score (nSPS) is 20.9. The number of rotatable bonds is 2. The molecule has 3 aromatic rings. The highest BCUT2D eigenvalue weighted by atomic mass is 16.1. The highest BCUT2D eigenvalue weighted by Gasteiger charge is 2.42. The number of anilines is 1. The van der Waals surface area contributed by atoms with Crippen molar-refractivity contribution >= 4 is 27.9 Å². The molecule has 2 aromatic carbocycles. The zero-order chi connectivity index (χ0) is 19.5. The van der Waals surface area contributed by atoms with E-state index in [1.807, 2.05) is 24.3 Å². The molecule has 0 fully saturated rings. The minimum atomic E-state index is -0.0459. The van der Waals surface area contributed by atoms with Gasteiger partial charge in [-0.15, -0.1) is 0 Å². The fourth-order valence-corrected chi connectivity index (χ4v) is 4.75. The number of hydrogen-bond acceptors (Lipinski definition) is 3. The average molecular weight is 371 g/mol. The molecule has 142 valence electrons. The minimum absolute atomic E-state index is 0.0459. The Balaban J connectivity index is 1.73. The van der Waals surface area contributed by atoms with Gasteiger partial charge in [0, 0.05) is 28.6 Å². The summed E-state index contributed by atoms with van der Waals surface area (Å²) in [5.41, 5.74) is 9.82. The number of allylic oxidation sites excluding steroid dienone is 2. The van der Waals surface area contributed by atoms with E-state index in [0.717, 1.165) is 34.6 Å². The molecule has 1 aromatic heterocycles. The molecule has 0 saturated heterocycles. The molecule has 0 radical (unpaired) electrons. The maximum absolute atomic E-state index is 13.3. The molecule has 1 atom stereocenters. The molecule has 0 bridgehead atoms. The van der Waals surface area contributed by atoms with E-state index in [1.165, 1.54) is 10.9 Å². The van der Waals surface area contributed by atoms with Crippen LogP contribution >= 0.6 is 0 Å². The van der Waals surface area contributed by atoms with Crippen molar-refractivity contribution < 1.29 is 4.79 Å². The van der Waals surface area contributed by atoms with Gasteiger partial charge in [0.25, 0.3) is 0 Å². The molecule has 2 aliphatic rings. The van der Waals surface area contributed by atoms with E-state index in [2.05, 4.69) is 66.5 Å². The summed E-state index contributed by atoms with van der Waals surface area (Å²) in [6, 6.07) is 18.6. The lowest BCUT2D eigenvalue weighted by Crippen LogP contribution is -2.41. The van der Waals surface area contributed by atoms with Crippen LogP contribution in [-0.4, -0.2) is 15.8 Å². The van der Waals surface area contributed by atoms with Gasteiger partial charge in [-0.2, -0.15) is 0 Å². The first-order valence-electron chi connectivity index (χ1n) is 9.93. The van der Waals surface area contributed by atoms with Gasteiger partial charge < -0.3 is 4.98 Å². The number of carbonyl (C=O) groups excluding carboxylic acids is 1. The highest BCUT2D eigenvalue weighted by molar-refractivity contribution is 6.23. The first-order valence-corrected chi connectivity index (χ1v) is 9.93. The molecule has 5 rings (SSSR count). The maximum Gasteiger partial charge on any atom is 0.167 e. The third-order valence-electron chi connectivity index (χ3n) is 5.97. The van der Waals surface area contributed by atoms with Crippen molar-refractivity contribution in [2.75, 3.05) is 5.43 Å². The Hall–Kier alpha value is -3.01. The number of aromatic amines is 1. The fourth-order valence-electron chi connectivity index (χ4n) is 4.75. The van der Waals surface area contributed by atoms with Crippen LogP contribution in [-0.2, 0) is 4.79 Å². The summed E-state index contributed by atoms with van der Waals surface area (Å²) >= 11 is 0. The molecule has 1 aliphatic carbocycles. The molecular weight excluding hydrogens is 346 g/mol. The topological polar surface area (TPSA) is 48.1 Å². The van der Waals surface area contributed by atoms with E-state index < -0.39 is 0 Å². The second kappa shape index (κ2) is 5.99. The Labute approximate surface area is 165 Å². The molecule has 4 nitrogen and oxygen atoms in total. The van der Waals surface area contributed by atoms with Crippen LogP contribution in [0.4, 0.5) is 5.69 Å². The van der Waals surface area contributed by atoms with Crippen molar-refractivity contribution in [1.29, 1.82) is 0 Å². The van der Waals surface area contributed by atoms with Gasteiger partial charge in [0.2, 0.25) is 0 Å². The number of nitrogens with one attached hydrogen (secondary N) is 2. The fraction of sp³-hybridized carbons (Fsp3) is 0.292. The molecule has 1 unspecified atom stereocenters. The molecular formula is C24H25N3O. The molecule has 0 amide bonds. The number of Topliss-reactive ketones (excluding diaryl/α,β-unsaturated/α-hetero) is 1. The Bertz CT molecular complexity index is 1110. The van der Waals surface area contributed by atoms with Crippen molar-refractivity contribution in [1.82, 2.24) is 9.99 Å². The average Bonchev–Trinajstić information content (AvgIpc) is 3.04. The number of carbonyl (C=O) groups is 1. The first-order chi connectivity index (χ1) is 13.4. The monoisotopic (exact) mass is 371 g/mol. The van der Waals surface area contributed by atoms with E-state index in [9.17, 15) is 4.79 Å². The van der Waals surface area contributed by atoms with E-state index in [0.29, 0.717) is 6.42 Å². The van der Waals surface area contributed by atoms with Gasteiger partial charge >= 0.3 is 0 Å². The summed E-state index contributed by atoms with van der Waals surface area (Å²) in [4.78, 5) is 16.8. The van der Waals surface area contributed by atoms with Crippen LogP contribution in [0.1, 0.15) is 50.9 Å². The molecule has 2 N–H and O–H groups in total. The lowest BCUT2D eigenvalue weighted by atomic mass is 9.73. The first kappa shape index (κ1) is 17.1. The molecule has 0 spiro atoms. The van der Waals surface area contributed by atoms with E-state index in [1.54, 1.807) is 0 Å². The van der Waals surface area contributed by atoms with Gasteiger partial charge in [0.15, 0.2) is 5.78 Å². The predicted octanol–water partition coefficient (Wildman–Crippen LogP) is 5.67. The van der Waals surface area contributed by atoms with E-state index in [4.69, 9.17) is 0 Å². The van der Waals surface area contributed by atoms with Gasteiger partial charge in [-0.25, -0.2) is 0 Å².